The van der Waals surface area contributed by atoms with Crippen LogP contribution >= 0.6 is 11.6 Å². The van der Waals surface area contributed by atoms with Crippen LogP contribution in [0.25, 0.3) is 11.3 Å². The summed E-state index contributed by atoms with van der Waals surface area (Å²) in [5.41, 5.74) is 0.755. The van der Waals surface area contributed by atoms with Crippen LogP contribution in [0.15, 0.2) is 63.6 Å². The molecule has 0 saturated carbocycles. The van der Waals surface area contributed by atoms with Gasteiger partial charge in [-0.3, -0.25) is 9.69 Å². The molecule has 0 bridgehead atoms. The first-order valence-corrected chi connectivity index (χ1v) is 8.27. The van der Waals surface area contributed by atoms with Crippen molar-refractivity contribution in [3.05, 3.63) is 71.3 Å². The van der Waals surface area contributed by atoms with E-state index in [2.05, 4.69) is 5.32 Å². The maximum absolute atomic E-state index is 12.4. The van der Waals surface area contributed by atoms with Crippen molar-refractivity contribution in [2.75, 3.05) is 20.6 Å². The number of hydrogen-bond donors (Lipinski definition) is 1. The van der Waals surface area contributed by atoms with Gasteiger partial charge in [-0.15, -0.1) is 0 Å². The largest absolute Gasteiger partial charge is 0.468 e. The summed E-state index contributed by atoms with van der Waals surface area (Å²) in [5, 5.41) is 3.46. The summed E-state index contributed by atoms with van der Waals surface area (Å²) in [6, 6.07) is 14.4. The van der Waals surface area contributed by atoms with E-state index in [4.69, 9.17) is 20.4 Å². The molecule has 1 N–H and O–H groups in total. The van der Waals surface area contributed by atoms with Gasteiger partial charge >= 0.3 is 0 Å². The zero-order valence-electron chi connectivity index (χ0n) is 14.0. The van der Waals surface area contributed by atoms with E-state index in [0.717, 1.165) is 11.3 Å². The van der Waals surface area contributed by atoms with Crippen molar-refractivity contribution in [3.63, 3.8) is 0 Å². The molecular weight excluding hydrogens is 340 g/mol. The lowest BCUT2D eigenvalue weighted by Crippen LogP contribution is -2.34. The Hall–Kier alpha value is -2.50. The van der Waals surface area contributed by atoms with Crippen LogP contribution in [-0.4, -0.2) is 31.4 Å². The number of nitrogens with zero attached hydrogens (tertiary/aromatic N) is 1. The van der Waals surface area contributed by atoms with Crippen molar-refractivity contribution in [1.82, 2.24) is 10.2 Å². The van der Waals surface area contributed by atoms with Crippen LogP contribution in [-0.2, 0) is 0 Å². The Morgan fingerprint density at radius 2 is 1.96 bits per heavy atom. The van der Waals surface area contributed by atoms with Gasteiger partial charge in [0.15, 0.2) is 5.76 Å². The fraction of sp³-hybridized carbons (Fsp3) is 0.211. The summed E-state index contributed by atoms with van der Waals surface area (Å²) in [7, 11) is 3.86. The van der Waals surface area contributed by atoms with Crippen LogP contribution < -0.4 is 5.32 Å². The Balaban J connectivity index is 1.69. The molecule has 0 aliphatic heterocycles. The van der Waals surface area contributed by atoms with Crippen molar-refractivity contribution >= 4 is 17.5 Å². The van der Waals surface area contributed by atoms with Crippen LogP contribution in [0.3, 0.4) is 0 Å². The van der Waals surface area contributed by atoms with Crippen LogP contribution in [0.5, 0.6) is 0 Å². The molecule has 1 aromatic carbocycles. The number of carbonyl (C=O) groups excluding carboxylic acids is 1. The fourth-order valence-electron chi connectivity index (χ4n) is 2.56. The molecule has 0 fully saturated rings. The maximum atomic E-state index is 12.4. The summed E-state index contributed by atoms with van der Waals surface area (Å²) < 4.78 is 11.1. The molecule has 1 atom stereocenters. The standard InChI is InChI=1S/C19H19ClN2O3/c1-22(2)15(17-8-5-11-24-17)12-21-19(23)18-10-9-16(25-18)13-6-3-4-7-14(13)20/h3-11,15H,12H2,1-2H3,(H,21,23)/t15-/m1/s1. The van der Waals surface area contributed by atoms with E-state index in [9.17, 15) is 4.79 Å². The predicted octanol–water partition coefficient (Wildman–Crippen LogP) is 4.23. The zero-order valence-corrected chi connectivity index (χ0v) is 14.8. The van der Waals surface area contributed by atoms with Gasteiger partial charge in [0, 0.05) is 12.1 Å². The van der Waals surface area contributed by atoms with Crippen LogP contribution in [0.2, 0.25) is 5.02 Å². The summed E-state index contributed by atoms with van der Waals surface area (Å²) in [4.78, 5) is 14.4. The summed E-state index contributed by atoms with van der Waals surface area (Å²) in [5.74, 6) is 1.32. The van der Waals surface area contributed by atoms with Gasteiger partial charge in [0.05, 0.1) is 17.3 Å². The molecule has 25 heavy (non-hydrogen) atoms. The second kappa shape index (κ2) is 7.59. The Bertz CT molecular complexity index is 840. The van der Waals surface area contributed by atoms with Gasteiger partial charge in [-0.25, -0.2) is 0 Å². The van der Waals surface area contributed by atoms with Crippen LogP contribution in [0, 0.1) is 0 Å². The number of hydrogen-bond acceptors (Lipinski definition) is 4. The van der Waals surface area contributed by atoms with Gasteiger partial charge in [0.1, 0.15) is 11.5 Å². The number of amides is 1. The lowest BCUT2D eigenvalue weighted by molar-refractivity contribution is 0.0912. The highest BCUT2D eigenvalue weighted by Crippen LogP contribution is 2.29. The first kappa shape index (κ1) is 17.3. The average Bonchev–Trinajstić information content (AvgIpc) is 3.27. The van der Waals surface area contributed by atoms with Crippen molar-refractivity contribution in [2.45, 2.75) is 6.04 Å². The van der Waals surface area contributed by atoms with Gasteiger partial charge in [-0.2, -0.15) is 0 Å². The highest BCUT2D eigenvalue weighted by molar-refractivity contribution is 6.33. The van der Waals surface area contributed by atoms with Gasteiger partial charge in [0.25, 0.3) is 5.91 Å². The van der Waals surface area contributed by atoms with E-state index < -0.39 is 0 Å². The summed E-state index contributed by atoms with van der Waals surface area (Å²) in [6.07, 6.45) is 1.62. The van der Waals surface area contributed by atoms with Gasteiger partial charge in [0.2, 0.25) is 0 Å². The van der Waals surface area contributed by atoms with E-state index in [1.54, 1.807) is 24.5 Å². The molecule has 0 radical (unpaired) electrons. The lowest BCUT2D eigenvalue weighted by atomic mass is 10.2. The molecule has 0 aliphatic carbocycles. The SMILES string of the molecule is CN(C)[C@H](CNC(=O)c1ccc(-c2ccccc2Cl)o1)c1ccco1. The normalized spacial score (nSPS) is 12.3. The van der Waals surface area contributed by atoms with E-state index in [-0.39, 0.29) is 17.7 Å². The summed E-state index contributed by atoms with van der Waals surface area (Å²) in [6.45, 7) is 0.404. The second-order valence-electron chi connectivity index (χ2n) is 5.85. The van der Waals surface area contributed by atoms with Crippen molar-refractivity contribution in [2.24, 2.45) is 0 Å². The lowest BCUT2D eigenvalue weighted by Gasteiger charge is -2.22. The number of rotatable bonds is 6. The molecule has 3 rings (SSSR count). The van der Waals surface area contributed by atoms with Crippen molar-refractivity contribution in [3.8, 4) is 11.3 Å². The van der Waals surface area contributed by atoms with Gasteiger partial charge in [-0.05, 0) is 50.5 Å². The molecular formula is C19H19ClN2O3. The predicted molar refractivity (Wildman–Crippen MR) is 96.6 cm³/mol. The fourth-order valence-corrected chi connectivity index (χ4v) is 2.79. The third-order valence-corrected chi connectivity index (χ3v) is 4.25. The molecule has 0 spiro atoms. The van der Waals surface area contributed by atoms with E-state index in [1.807, 2.05) is 49.3 Å². The first-order valence-electron chi connectivity index (χ1n) is 7.89. The Labute approximate surface area is 151 Å². The Morgan fingerprint density at radius 3 is 2.64 bits per heavy atom. The van der Waals surface area contributed by atoms with Crippen molar-refractivity contribution in [1.29, 1.82) is 0 Å². The van der Waals surface area contributed by atoms with Gasteiger partial charge in [-0.1, -0.05) is 23.7 Å². The molecule has 130 valence electrons. The minimum Gasteiger partial charge on any atom is -0.468 e. The third-order valence-electron chi connectivity index (χ3n) is 3.92. The number of carbonyl (C=O) groups is 1. The van der Waals surface area contributed by atoms with E-state index in [0.29, 0.717) is 17.3 Å². The van der Waals surface area contributed by atoms with E-state index >= 15 is 0 Å². The molecule has 3 aromatic rings. The zero-order chi connectivity index (χ0) is 17.8. The Kier molecular flexibility index (Phi) is 5.26. The quantitative estimate of drug-likeness (QED) is 0.716. The monoisotopic (exact) mass is 358 g/mol. The topological polar surface area (TPSA) is 58.6 Å². The molecule has 0 aliphatic rings. The minimum absolute atomic E-state index is 0.0584. The first-order chi connectivity index (χ1) is 12.1. The van der Waals surface area contributed by atoms with E-state index in [1.165, 1.54) is 0 Å². The molecule has 6 heteroatoms. The number of furan rings is 2. The molecule has 2 aromatic heterocycles. The molecule has 1 amide bonds. The van der Waals surface area contributed by atoms with Crippen LogP contribution in [0.4, 0.5) is 0 Å². The number of benzene rings is 1. The van der Waals surface area contributed by atoms with Gasteiger partial charge < -0.3 is 14.2 Å². The third kappa shape index (κ3) is 3.95. The number of nitrogens with one attached hydrogen (secondary N) is 1. The molecule has 0 saturated heterocycles. The van der Waals surface area contributed by atoms with Crippen molar-refractivity contribution < 1.29 is 13.6 Å². The summed E-state index contributed by atoms with van der Waals surface area (Å²) >= 11 is 6.17. The Morgan fingerprint density at radius 1 is 1.16 bits per heavy atom. The number of likely N-dealkylation sites (N-methyl/N-ethyl adjacent to an activating group) is 1. The highest BCUT2D eigenvalue weighted by atomic mass is 35.5. The number of halogens is 1. The highest BCUT2D eigenvalue weighted by Gasteiger charge is 2.20. The second-order valence-corrected chi connectivity index (χ2v) is 6.26. The smallest absolute Gasteiger partial charge is 0.287 e. The average molecular weight is 359 g/mol. The minimum atomic E-state index is -0.281. The molecule has 5 nitrogen and oxygen atoms in total. The maximum Gasteiger partial charge on any atom is 0.287 e. The van der Waals surface area contributed by atoms with Crippen LogP contribution in [0.1, 0.15) is 22.4 Å². The molecule has 2 heterocycles. The molecule has 0 unspecified atom stereocenters.